The molecular formula is C61H41N3. The van der Waals surface area contributed by atoms with E-state index in [0.29, 0.717) is 0 Å². The Morgan fingerprint density at radius 2 is 0.656 bits per heavy atom. The molecule has 12 aromatic rings. The summed E-state index contributed by atoms with van der Waals surface area (Å²) in [6.45, 7) is 0. The molecule has 0 amide bonds. The third-order valence-corrected chi connectivity index (χ3v) is 13.6. The Kier molecular flexibility index (Phi) is 8.13. The van der Waals surface area contributed by atoms with Crippen molar-refractivity contribution in [3.63, 3.8) is 0 Å². The monoisotopic (exact) mass is 815 g/mol. The molecule has 0 aliphatic heterocycles. The number of fused-ring (bicyclic) bond motifs is 9. The summed E-state index contributed by atoms with van der Waals surface area (Å²) in [4.78, 5) is 2.42. The minimum Gasteiger partial charge on any atom is -0.310 e. The first-order chi connectivity index (χ1) is 31.8. The summed E-state index contributed by atoms with van der Waals surface area (Å²) in [5, 5.41) is 5.02. The van der Waals surface area contributed by atoms with E-state index in [1.54, 1.807) is 0 Å². The van der Waals surface area contributed by atoms with E-state index >= 15 is 0 Å². The number of rotatable bonds is 7. The molecule has 300 valence electrons. The van der Waals surface area contributed by atoms with Crippen molar-refractivity contribution in [3.8, 4) is 22.5 Å². The van der Waals surface area contributed by atoms with Gasteiger partial charge in [0.1, 0.15) is 0 Å². The van der Waals surface area contributed by atoms with Gasteiger partial charge in [-0.2, -0.15) is 0 Å². The normalized spacial score (nSPS) is 12.8. The van der Waals surface area contributed by atoms with Crippen molar-refractivity contribution in [2.75, 3.05) is 4.90 Å². The first-order valence-corrected chi connectivity index (χ1v) is 22.1. The fourth-order valence-corrected chi connectivity index (χ4v) is 10.9. The van der Waals surface area contributed by atoms with E-state index < -0.39 is 5.41 Å². The number of hydrogen-bond acceptors (Lipinski definition) is 1. The summed E-state index contributed by atoms with van der Waals surface area (Å²) in [5.74, 6) is 0. The maximum absolute atomic E-state index is 2.42. The molecule has 0 atom stereocenters. The topological polar surface area (TPSA) is 13.1 Å². The van der Waals surface area contributed by atoms with Gasteiger partial charge in [-0.3, -0.25) is 0 Å². The molecule has 10 aromatic carbocycles. The predicted molar refractivity (Wildman–Crippen MR) is 267 cm³/mol. The first kappa shape index (κ1) is 36.3. The van der Waals surface area contributed by atoms with Crippen molar-refractivity contribution in [3.05, 3.63) is 271 Å². The second-order valence-corrected chi connectivity index (χ2v) is 16.9. The van der Waals surface area contributed by atoms with E-state index in [0.717, 1.165) is 28.4 Å². The van der Waals surface area contributed by atoms with Crippen LogP contribution in [0.2, 0.25) is 0 Å². The van der Waals surface area contributed by atoms with Crippen LogP contribution < -0.4 is 4.90 Å². The molecule has 1 aliphatic rings. The molecule has 2 aromatic heterocycles. The molecule has 0 radical (unpaired) electrons. The number of anilines is 3. The lowest BCUT2D eigenvalue weighted by molar-refractivity contribution is 0.768. The van der Waals surface area contributed by atoms with Crippen molar-refractivity contribution < 1.29 is 0 Å². The highest BCUT2D eigenvalue weighted by atomic mass is 15.1. The molecule has 2 heterocycles. The van der Waals surface area contributed by atoms with Gasteiger partial charge in [0.2, 0.25) is 0 Å². The molecule has 0 unspecified atom stereocenters. The fraction of sp³-hybridized carbons (Fsp3) is 0.0164. The largest absolute Gasteiger partial charge is 0.310 e. The van der Waals surface area contributed by atoms with E-state index in [1.165, 1.54) is 77.0 Å². The summed E-state index contributed by atoms with van der Waals surface area (Å²) in [6, 6.07) is 91.3. The molecule has 13 rings (SSSR count). The highest BCUT2D eigenvalue weighted by Gasteiger charge is 2.46. The summed E-state index contributed by atoms with van der Waals surface area (Å²) < 4.78 is 4.77. The minimum absolute atomic E-state index is 0.517. The second-order valence-electron chi connectivity index (χ2n) is 16.9. The van der Waals surface area contributed by atoms with Crippen LogP contribution in [-0.2, 0) is 5.41 Å². The summed E-state index contributed by atoms with van der Waals surface area (Å²) in [5.41, 5.74) is 17.4. The Morgan fingerprint density at radius 3 is 1.11 bits per heavy atom. The lowest BCUT2D eigenvalue weighted by Gasteiger charge is -2.35. The zero-order valence-electron chi connectivity index (χ0n) is 35.0. The van der Waals surface area contributed by atoms with Crippen LogP contribution in [0.4, 0.5) is 17.1 Å². The summed E-state index contributed by atoms with van der Waals surface area (Å²) in [7, 11) is 0. The molecule has 0 saturated heterocycles. The molecular weight excluding hydrogens is 775 g/mol. The van der Waals surface area contributed by atoms with Crippen LogP contribution in [0.15, 0.2) is 249 Å². The van der Waals surface area contributed by atoms with Gasteiger partial charge in [0.25, 0.3) is 0 Å². The number of nitrogens with zero attached hydrogens (tertiary/aromatic N) is 3. The molecule has 0 saturated carbocycles. The molecule has 0 bridgehead atoms. The Hall–Kier alpha value is -8.40. The molecule has 1 aliphatic carbocycles. The second kappa shape index (κ2) is 14.3. The molecule has 0 spiro atoms. The average molecular weight is 816 g/mol. The zero-order valence-corrected chi connectivity index (χ0v) is 35.0. The van der Waals surface area contributed by atoms with Crippen LogP contribution in [0.25, 0.3) is 66.1 Å². The van der Waals surface area contributed by atoms with Crippen LogP contribution in [-0.4, -0.2) is 9.13 Å². The summed E-state index contributed by atoms with van der Waals surface area (Å²) in [6.07, 6.45) is 0. The standard InChI is InChI=1S/C61H41N3/c1-2-17-42(18-3-1)61(55-27-10-4-21-49(55)50-22-5-11-28-56(50)61)43-19-16-20-48(41-43)62(44-33-37-46(38-34-44)63-57-29-12-6-23-51(57)52-24-7-13-30-58(52)63)45-35-39-47(40-36-45)64-59-31-14-8-25-53(59)54-26-9-15-32-60(54)64/h1-41H. The van der Waals surface area contributed by atoms with E-state index in [1.807, 2.05) is 0 Å². The molecule has 0 N–H and O–H groups in total. The molecule has 0 fully saturated rings. The SMILES string of the molecule is c1ccc(C2(c3cccc(N(c4ccc(-n5c6ccccc6c6ccccc65)cc4)c4ccc(-n5c6ccccc6c6ccccc65)cc4)c3)c3ccccc3-c3ccccc32)cc1. The summed E-state index contributed by atoms with van der Waals surface area (Å²) >= 11 is 0. The van der Waals surface area contributed by atoms with Crippen LogP contribution in [0, 0.1) is 0 Å². The van der Waals surface area contributed by atoms with Gasteiger partial charge in [-0.15, -0.1) is 0 Å². The highest BCUT2D eigenvalue weighted by molar-refractivity contribution is 6.10. The van der Waals surface area contributed by atoms with Gasteiger partial charge in [-0.25, -0.2) is 0 Å². The maximum Gasteiger partial charge on any atom is 0.0714 e. The van der Waals surface area contributed by atoms with Gasteiger partial charge in [0, 0.05) is 50.0 Å². The quantitative estimate of drug-likeness (QED) is 0.156. The van der Waals surface area contributed by atoms with Crippen LogP contribution in [0.5, 0.6) is 0 Å². The van der Waals surface area contributed by atoms with Crippen molar-refractivity contribution in [1.82, 2.24) is 9.13 Å². The van der Waals surface area contributed by atoms with E-state index in [2.05, 4.69) is 263 Å². The van der Waals surface area contributed by atoms with Crippen molar-refractivity contribution >= 4 is 60.7 Å². The zero-order chi connectivity index (χ0) is 42.2. The minimum atomic E-state index is -0.517. The molecule has 3 nitrogen and oxygen atoms in total. The molecule has 64 heavy (non-hydrogen) atoms. The van der Waals surface area contributed by atoms with Gasteiger partial charge in [0.15, 0.2) is 0 Å². The van der Waals surface area contributed by atoms with Crippen LogP contribution in [0.1, 0.15) is 22.3 Å². The lowest BCUT2D eigenvalue weighted by atomic mass is 9.67. The van der Waals surface area contributed by atoms with E-state index in [9.17, 15) is 0 Å². The van der Waals surface area contributed by atoms with Crippen molar-refractivity contribution in [2.45, 2.75) is 5.41 Å². The maximum atomic E-state index is 2.42. The Labute approximate surface area is 372 Å². The van der Waals surface area contributed by atoms with Gasteiger partial charge >= 0.3 is 0 Å². The van der Waals surface area contributed by atoms with Gasteiger partial charge in [0.05, 0.1) is 27.5 Å². The third-order valence-electron chi connectivity index (χ3n) is 13.6. The van der Waals surface area contributed by atoms with Gasteiger partial charge in [-0.05, 0) is 118 Å². The Bertz CT molecular complexity index is 3410. The Balaban J connectivity index is 1.01. The van der Waals surface area contributed by atoms with E-state index in [-0.39, 0.29) is 0 Å². The highest BCUT2D eigenvalue weighted by Crippen LogP contribution is 2.56. The van der Waals surface area contributed by atoms with Crippen LogP contribution >= 0.6 is 0 Å². The number of benzene rings is 10. The van der Waals surface area contributed by atoms with Gasteiger partial charge in [-0.1, -0.05) is 164 Å². The third kappa shape index (κ3) is 5.28. The smallest absolute Gasteiger partial charge is 0.0714 e. The first-order valence-electron chi connectivity index (χ1n) is 22.1. The predicted octanol–water partition coefficient (Wildman–Crippen LogP) is 15.7. The lowest BCUT2D eigenvalue weighted by Crippen LogP contribution is -2.28. The van der Waals surface area contributed by atoms with Crippen LogP contribution in [0.3, 0.4) is 0 Å². The fourth-order valence-electron chi connectivity index (χ4n) is 10.9. The Morgan fingerprint density at radius 1 is 0.281 bits per heavy atom. The van der Waals surface area contributed by atoms with Gasteiger partial charge < -0.3 is 14.0 Å². The molecule has 3 heteroatoms. The van der Waals surface area contributed by atoms with Crippen molar-refractivity contribution in [2.24, 2.45) is 0 Å². The van der Waals surface area contributed by atoms with Crippen molar-refractivity contribution in [1.29, 1.82) is 0 Å². The van der Waals surface area contributed by atoms with E-state index in [4.69, 9.17) is 0 Å². The number of hydrogen-bond donors (Lipinski definition) is 0. The average Bonchev–Trinajstić information content (AvgIpc) is 4.00. The number of aromatic nitrogens is 2. The number of para-hydroxylation sites is 4.